The average Bonchev–Trinajstić information content (AvgIpc) is 3.08. The number of alkyl halides is 1. The van der Waals surface area contributed by atoms with Crippen molar-refractivity contribution in [3.05, 3.63) is 69.5 Å². The molecule has 0 bridgehead atoms. The quantitative estimate of drug-likeness (QED) is 0.247. The van der Waals surface area contributed by atoms with Crippen molar-refractivity contribution in [2.24, 2.45) is 17.8 Å². The number of imide groups is 1. The van der Waals surface area contributed by atoms with Crippen LogP contribution in [0.4, 0.5) is 4.39 Å². The molecule has 1 aliphatic carbocycles. The number of hydrogen-bond acceptors (Lipinski definition) is 4. The van der Waals surface area contributed by atoms with Gasteiger partial charge in [-0.3, -0.25) is 19.2 Å². The summed E-state index contributed by atoms with van der Waals surface area (Å²) in [4.78, 5) is 54.7. The summed E-state index contributed by atoms with van der Waals surface area (Å²) in [5.41, 5.74) is 0.0769. The van der Waals surface area contributed by atoms with E-state index in [2.05, 4.69) is 0 Å². The number of amides is 3. The van der Waals surface area contributed by atoms with Gasteiger partial charge in [-0.2, -0.15) is 5.01 Å². The first kappa shape index (κ1) is 26.6. The Morgan fingerprint density at radius 2 is 1.72 bits per heavy atom. The Morgan fingerprint density at radius 3 is 2.36 bits per heavy atom. The number of halogens is 4. The van der Waals surface area contributed by atoms with Gasteiger partial charge < -0.3 is 0 Å². The Bertz CT molecular complexity index is 1210. The van der Waals surface area contributed by atoms with Crippen LogP contribution >= 0.6 is 34.8 Å². The highest BCUT2D eigenvalue weighted by Gasteiger charge is 2.54. The van der Waals surface area contributed by atoms with Crippen molar-refractivity contribution >= 4 is 58.3 Å². The monoisotopic (exact) mass is 552 g/mol. The van der Waals surface area contributed by atoms with Gasteiger partial charge in [0.15, 0.2) is 5.78 Å². The van der Waals surface area contributed by atoms with Gasteiger partial charge in [-0.15, -0.1) is 11.6 Å². The van der Waals surface area contributed by atoms with E-state index in [4.69, 9.17) is 34.8 Å². The number of ketones is 1. The molecule has 1 saturated heterocycles. The first-order valence-corrected chi connectivity index (χ1v) is 12.9. The smallest absolute Gasteiger partial charge is 0.275 e. The second kappa shape index (κ2) is 10.9. The third-order valence-corrected chi connectivity index (χ3v) is 7.62. The summed E-state index contributed by atoms with van der Waals surface area (Å²) >= 11 is 18.3. The predicted octanol–water partition coefficient (Wildman–Crippen LogP) is 5.79. The Morgan fingerprint density at radius 1 is 1.06 bits per heavy atom. The van der Waals surface area contributed by atoms with Crippen molar-refractivity contribution in [1.82, 2.24) is 10.0 Å². The van der Waals surface area contributed by atoms with Crippen molar-refractivity contribution in [3.63, 3.8) is 0 Å². The van der Waals surface area contributed by atoms with E-state index in [0.717, 1.165) is 28.6 Å². The van der Waals surface area contributed by atoms with E-state index in [-0.39, 0.29) is 39.4 Å². The Hall–Kier alpha value is -2.48. The molecule has 2 aliphatic rings. The van der Waals surface area contributed by atoms with E-state index in [9.17, 15) is 23.6 Å². The van der Waals surface area contributed by atoms with E-state index in [0.29, 0.717) is 12.8 Å². The Balaban J connectivity index is 1.82. The first-order chi connectivity index (χ1) is 17.1. The average molecular weight is 554 g/mol. The highest BCUT2D eigenvalue weighted by molar-refractivity contribution is 6.36. The highest BCUT2D eigenvalue weighted by Crippen LogP contribution is 2.42. The standard InChI is InChI=1S/C26H24Cl3FN2O4/c1-14-2-8-18-20(12-14)26(36)32(24(18)34)31(25(35)19-9-5-16(28)13-21(19)29)22(10-11-27)23(33)15-3-6-17(30)7-4-15/h3-7,9,13-14,18,20,22H,2,8,10-12H2,1H3/t14-,18+,20+,22-/m1/s1. The minimum Gasteiger partial charge on any atom is -0.292 e. The number of fused-ring (bicyclic) bond motifs is 1. The minimum atomic E-state index is -1.31. The van der Waals surface area contributed by atoms with Gasteiger partial charge in [0, 0.05) is 16.5 Å². The summed E-state index contributed by atoms with van der Waals surface area (Å²) in [5, 5.41) is 2.01. The highest BCUT2D eigenvalue weighted by atomic mass is 35.5. The largest absolute Gasteiger partial charge is 0.292 e. The third-order valence-electron chi connectivity index (χ3n) is 6.86. The van der Waals surface area contributed by atoms with Gasteiger partial charge in [0.25, 0.3) is 17.7 Å². The lowest BCUT2D eigenvalue weighted by Crippen LogP contribution is -2.57. The second-order valence-electron chi connectivity index (χ2n) is 9.26. The molecule has 10 heteroatoms. The van der Waals surface area contributed by atoms with Gasteiger partial charge in [0.2, 0.25) is 0 Å². The van der Waals surface area contributed by atoms with Gasteiger partial charge in [-0.1, -0.05) is 30.1 Å². The number of benzene rings is 2. The summed E-state index contributed by atoms with van der Waals surface area (Å²) in [6.07, 6.45) is 1.76. The summed E-state index contributed by atoms with van der Waals surface area (Å²) in [6, 6.07) is 7.69. The molecule has 2 fully saturated rings. The molecule has 1 saturated carbocycles. The lowest BCUT2D eigenvalue weighted by Gasteiger charge is -2.36. The van der Waals surface area contributed by atoms with Crippen molar-refractivity contribution in [1.29, 1.82) is 0 Å². The molecule has 0 unspecified atom stereocenters. The van der Waals surface area contributed by atoms with Crippen LogP contribution < -0.4 is 0 Å². The van der Waals surface area contributed by atoms with Gasteiger partial charge in [0.05, 0.1) is 22.4 Å². The van der Waals surface area contributed by atoms with E-state index < -0.39 is 47.2 Å². The number of carbonyl (C=O) groups excluding carboxylic acids is 4. The zero-order valence-corrected chi connectivity index (χ0v) is 21.7. The van der Waals surface area contributed by atoms with Gasteiger partial charge >= 0.3 is 0 Å². The molecule has 0 spiro atoms. The molecule has 2 aromatic rings. The number of hydrogen-bond donors (Lipinski definition) is 0. The van der Waals surface area contributed by atoms with E-state index >= 15 is 0 Å². The number of rotatable bonds is 7. The number of nitrogens with zero attached hydrogens (tertiary/aromatic N) is 2. The fourth-order valence-corrected chi connectivity index (χ4v) is 5.71. The molecule has 190 valence electrons. The van der Waals surface area contributed by atoms with Crippen molar-refractivity contribution < 1.29 is 23.6 Å². The molecule has 4 atom stereocenters. The number of Topliss-reactive ketones (excluding diaryl/α,β-unsaturated/α-hetero) is 1. The van der Waals surface area contributed by atoms with Crippen LogP contribution in [0.15, 0.2) is 42.5 Å². The molecular formula is C26H24Cl3FN2O4. The topological polar surface area (TPSA) is 74.8 Å². The van der Waals surface area contributed by atoms with Crippen molar-refractivity contribution in [2.75, 3.05) is 5.88 Å². The number of carbonyl (C=O) groups is 4. The van der Waals surface area contributed by atoms with E-state index in [1.807, 2.05) is 6.92 Å². The van der Waals surface area contributed by atoms with Crippen LogP contribution in [0.2, 0.25) is 10.0 Å². The van der Waals surface area contributed by atoms with Crippen LogP contribution in [0.25, 0.3) is 0 Å². The Labute approximate surface area is 223 Å². The lowest BCUT2D eigenvalue weighted by atomic mass is 9.76. The molecular weight excluding hydrogens is 530 g/mol. The molecule has 6 nitrogen and oxygen atoms in total. The van der Waals surface area contributed by atoms with E-state index in [1.165, 1.54) is 30.3 Å². The molecule has 1 aliphatic heterocycles. The minimum absolute atomic E-state index is 0.00138. The molecule has 1 heterocycles. The van der Waals surface area contributed by atoms with Crippen LogP contribution in [0.1, 0.15) is 53.3 Å². The molecule has 3 amide bonds. The zero-order chi connectivity index (χ0) is 26.1. The maximum atomic E-state index is 13.9. The zero-order valence-electron chi connectivity index (χ0n) is 19.4. The number of hydrazine groups is 1. The van der Waals surface area contributed by atoms with Crippen LogP contribution in [-0.2, 0) is 9.59 Å². The van der Waals surface area contributed by atoms with Crippen molar-refractivity contribution in [2.45, 2.75) is 38.6 Å². The second-order valence-corrected chi connectivity index (χ2v) is 10.5. The first-order valence-electron chi connectivity index (χ1n) is 11.7. The fourth-order valence-electron chi connectivity index (χ4n) is 5.02. The maximum Gasteiger partial charge on any atom is 0.275 e. The molecule has 0 N–H and O–H groups in total. The SMILES string of the molecule is C[C@@H]1CC[C@@H]2C(=O)N(N(C(=O)c3ccc(Cl)cc3Cl)[C@H](CCCl)C(=O)c3ccc(F)cc3)C(=O)[C@H]2C1. The summed E-state index contributed by atoms with van der Waals surface area (Å²) in [7, 11) is 0. The van der Waals surface area contributed by atoms with Gasteiger partial charge in [-0.25, -0.2) is 9.40 Å². The predicted molar refractivity (Wildman–Crippen MR) is 134 cm³/mol. The van der Waals surface area contributed by atoms with E-state index in [1.54, 1.807) is 0 Å². The molecule has 4 rings (SSSR count). The molecule has 0 aromatic heterocycles. The molecule has 2 aromatic carbocycles. The molecule has 36 heavy (non-hydrogen) atoms. The normalized spacial score (nSPS) is 22.4. The van der Waals surface area contributed by atoms with Gasteiger partial charge in [-0.05, 0) is 74.1 Å². The third kappa shape index (κ3) is 5.01. The molecule has 0 radical (unpaired) electrons. The summed E-state index contributed by atoms with van der Waals surface area (Å²) < 4.78 is 13.5. The van der Waals surface area contributed by atoms with Crippen LogP contribution in [0.3, 0.4) is 0 Å². The summed E-state index contributed by atoms with van der Waals surface area (Å²) in [5.74, 6) is -3.92. The summed E-state index contributed by atoms with van der Waals surface area (Å²) in [6.45, 7) is 2.02. The van der Waals surface area contributed by atoms with Gasteiger partial charge in [0.1, 0.15) is 11.9 Å². The Kier molecular flexibility index (Phi) is 8.03. The van der Waals surface area contributed by atoms with Crippen LogP contribution in [0, 0.1) is 23.6 Å². The van der Waals surface area contributed by atoms with Crippen LogP contribution in [-0.4, -0.2) is 45.4 Å². The lowest BCUT2D eigenvalue weighted by molar-refractivity contribution is -0.156. The van der Waals surface area contributed by atoms with Crippen molar-refractivity contribution in [3.8, 4) is 0 Å². The maximum absolute atomic E-state index is 13.9. The fraction of sp³-hybridized carbons (Fsp3) is 0.385. The van der Waals surface area contributed by atoms with Crippen LogP contribution in [0.5, 0.6) is 0 Å².